The lowest BCUT2D eigenvalue weighted by Gasteiger charge is -2.37. The van der Waals surface area contributed by atoms with Crippen molar-refractivity contribution in [1.29, 1.82) is 0 Å². The first-order chi connectivity index (χ1) is 15.1. The number of benzene rings is 2. The van der Waals surface area contributed by atoms with E-state index in [4.69, 9.17) is 4.98 Å². The Kier molecular flexibility index (Phi) is 6.03. The summed E-state index contributed by atoms with van der Waals surface area (Å²) in [6, 6.07) is 9.47. The third kappa shape index (κ3) is 4.53. The van der Waals surface area contributed by atoms with Gasteiger partial charge in [0, 0.05) is 38.9 Å². The number of thiazole rings is 1. The quantitative estimate of drug-likeness (QED) is 0.563. The maximum absolute atomic E-state index is 13.0. The van der Waals surface area contributed by atoms with Crippen LogP contribution in [-0.2, 0) is 11.0 Å². The Hall–Kier alpha value is -2.81. The monoisotopic (exact) mass is 462 g/mol. The van der Waals surface area contributed by atoms with Gasteiger partial charge in [0.25, 0.3) is 0 Å². The van der Waals surface area contributed by atoms with Crippen LogP contribution in [0.1, 0.15) is 16.7 Å². The van der Waals surface area contributed by atoms with E-state index in [1.165, 1.54) is 17.7 Å². The summed E-state index contributed by atoms with van der Waals surface area (Å²) in [5.41, 5.74) is 3.12. The van der Waals surface area contributed by atoms with Gasteiger partial charge < -0.3 is 14.7 Å². The molecule has 0 saturated carbocycles. The van der Waals surface area contributed by atoms with Crippen molar-refractivity contribution in [3.63, 3.8) is 0 Å². The van der Waals surface area contributed by atoms with Crippen molar-refractivity contribution in [3.05, 3.63) is 53.1 Å². The zero-order valence-electron chi connectivity index (χ0n) is 18.2. The number of carbonyl (C=O) groups excluding carboxylic acids is 1. The Balaban J connectivity index is 1.38. The van der Waals surface area contributed by atoms with E-state index in [9.17, 15) is 18.0 Å². The maximum Gasteiger partial charge on any atom is 0.416 e. The van der Waals surface area contributed by atoms with Gasteiger partial charge in [-0.3, -0.25) is 4.79 Å². The first-order valence-electron chi connectivity index (χ1n) is 10.4. The highest BCUT2D eigenvalue weighted by Crippen LogP contribution is 2.33. The Labute approximate surface area is 189 Å². The molecule has 2 heterocycles. The number of fused-ring (bicyclic) bond motifs is 1. The Morgan fingerprint density at radius 3 is 2.44 bits per heavy atom. The van der Waals surface area contributed by atoms with E-state index in [1.54, 1.807) is 22.3 Å². The number of alkyl halides is 3. The zero-order chi connectivity index (χ0) is 23.0. The summed E-state index contributed by atoms with van der Waals surface area (Å²) in [7, 11) is 1.86. The predicted octanol–water partition coefficient (Wildman–Crippen LogP) is 4.72. The molecule has 1 saturated heterocycles. The molecule has 1 aliphatic heterocycles. The molecule has 5 nitrogen and oxygen atoms in total. The molecule has 3 aromatic rings. The molecule has 32 heavy (non-hydrogen) atoms. The second-order valence-electron chi connectivity index (χ2n) is 8.15. The lowest BCUT2D eigenvalue weighted by atomic mass is 10.1. The summed E-state index contributed by atoms with van der Waals surface area (Å²) in [4.78, 5) is 23.1. The van der Waals surface area contributed by atoms with Gasteiger partial charge in [0.05, 0.1) is 22.3 Å². The molecule has 0 N–H and O–H groups in total. The summed E-state index contributed by atoms with van der Waals surface area (Å²) in [6.07, 6.45) is -4.36. The van der Waals surface area contributed by atoms with E-state index in [0.29, 0.717) is 31.9 Å². The zero-order valence-corrected chi connectivity index (χ0v) is 19.1. The lowest BCUT2D eigenvalue weighted by Crippen LogP contribution is -2.51. The second kappa shape index (κ2) is 8.61. The Bertz CT molecular complexity index is 1100. The molecule has 2 aromatic carbocycles. The normalized spacial score (nSPS) is 14.8. The van der Waals surface area contributed by atoms with E-state index in [1.807, 2.05) is 23.8 Å². The predicted molar refractivity (Wildman–Crippen MR) is 123 cm³/mol. The SMILES string of the molecule is Cc1ccc(C)c2sc(N(C)CC(=O)N3CCN(c4cccc(C(F)(F)F)c4)CC3)nc12. The third-order valence-corrected chi connectivity index (χ3v) is 7.11. The van der Waals surface area contributed by atoms with Gasteiger partial charge >= 0.3 is 6.18 Å². The number of anilines is 2. The number of piperazine rings is 1. The number of likely N-dealkylation sites (N-methyl/N-ethyl adjacent to an activating group) is 1. The summed E-state index contributed by atoms with van der Waals surface area (Å²) >= 11 is 1.58. The first-order valence-corrected chi connectivity index (χ1v) is 11.2. The number of halogens is 3. The second-order valence-corrected chi connectivity index (χ2v) is 9.12. The number of hydrogen-bond donors (Lipinski definition) is 0. The van der Waals surface area contributed by atoms with Gasteiger partial charge in [-0.15, -0.1) is 0 Å². The molecule has 0 unspecified atom stereocenters. The summed E-state index contributed by atoms with van der Waals surface area (Å²) in [5, 5.41) is 0.799. The minimum Gasteiger partial charge on any atom is -0.368 e. The number of amides is 1. The van der Waals surface area contributed by atoms with Crippen LogP contribution in [0.15, 0.2) is 36.4 Å². The maximum atomic E-state index is 13.0. The van der Waals surface area contributed by atoms with Gasteiger partial charge in [-0.1, -0.05) is 29.5 Å². The van der Waals surface area contributed by atoms with Crippen molar-refractivity contribution in [2.24, 2.45) is 0 Å². The smallest absolute Gasteiger partial charge is 0.368 e. The number of carbonyl (C=O) groups is 1. The van der Waals surface area contributed by atoms with Gasteiger partial charge in [-0.25, -0.2) is 4.98 Å². The van der Waals surface area contributed by atoms with Crippen LogP contribution in [0.2, 0.25) is 0 Å². The van der Waals surface area contributed by atoms with Crippen LogP contribution >= 0.6 is 11.3 Å². The highest BCUT2D eigenvalue weighted by atomic mass is 32.1. The molecule has 170 valence electrons. The van der Waals surface area contributed by atoms with Crippen LogP contribution in [0.4, 0.5) is 24.0 Å². The van der Waals surface area contributed by atoms with Crippen molar-refractivity contribution >= 4 is 38.3 Å². The van der Waals surface area contributed by atoms with Crippen LogP contribution in [0.3, 0.4) is 0 Å². The fraction of sp³-hybridized carbons (Fsp3) is 0.391. The molecule has 0 atom stereocenters. The van der Waals surface area contributed by atoms with E-state index in [2.05, 4.69) is 19.1 Å². The van der Waals surface area contributed by atoms with Gasteiger partial charge in [0.1, 0.15) is 0 Å². The topological polar surface area (TPSA) is 39.7 Å². The Morgan fingerprint density at radius 2 is 1.78 bits per heavy atom. The van der Waals surface area contributed by atoms with Crippen LogP contribution in [0.5, 0.6) is 0 Å². The molecule has 4 rings (SSSR count). The van der Waals surface area contributed by atoms with E-state index < -0.39 is 11.7 Å². The minimum absolute atomic E-state index is 0.0103. The van der Waals surface area contributed by atoms with Crippen molar-refractivity contribution in [2.45, 2.75) is 20.0 Å². The lowest BCUT2D eigenvalue weighted by molar-refractivity contribution is -0.137. The van der Waals surface area contributed by atoms with Gasteiger partial charge in [-0.2, -0.15) is 13.2 Å². The van der Waals surface area contributed by atoms with Crippen molar-refractivity contribution < 1.29 is 18.0 Å². The molecule has 9 heteroatoms. The summed E-state index contributed by atoms with van der Waals surface area (Å²) in [6.45, 7) is 6.23. The first kappa shape index (κ1) is 22.4. The molecule has 1 fully saturated rings. The van der Waals surface area contributed by atoms with Crippen molar-refractivity contribution in [3.8, 4) is 0 Å². The number of aromatic nitrogens is 1. The fourth-order valence-electron chi connectivity index (χ4n) is 3.87. The largest absolute Gasteiger partial charge is 0.416 e. The van der Waals surface area contributed by atoms with Gasteiger partial charge in [0.15, 0.2) is 5.13 Å². The standard InChI is InChI=1S/C23H25F3N4OS/c1-15-7-8-16(2)21-20(15)27-22(32-21)28(3)14-19(31)30-11-9-29(10-12-30)18-6-4-5-17(13-18)23(24,25)26/h4-8,13H,9-12,14H2,1-3H3. The van der Waals surface area contributed by atoms with Crippen LogP contribution in [0, 0.1) is 13.8 Å². The molecular formula is C23H25F3N4OS. The van der Waals surface area contributed by atoms with Gasteiger partial charge in [0.2, 0.25) is 5.91 Å². The average molecular weight is 463 g/mol. The number of hydrogen-bond acceptors (Lipinski definition) is 5. The molecule has 1 aliphatic rings. The highest BCUT2D eigenvalue weighted by Gasteiger charge is 2.31. The molecule has 0 aliphatic carbocycles. The van der Waals surface area contributed by atoms with Crippen molar-refractivity contribution in [1.82, 2.24) is 9.88 Å². The molecule has 0 spiro atoms. The van der Waals surface area contributed by atoms with Crippen LogP contribution < -0.4 is 9.80 Å². The van der Waals surface area contributed by atoms with E-state index in [0.717, 1.165) is 27.0 Å². The fourth-order valence-corrected chi connectivity index (χ4v) is 4.95. The Morgan fingerprint density at radius 1 is 1.09 bits per heavy atom. The number of rotatable bonds is 4. The summed E-state index contributed by atoms with van der Waals surface area (Å²) < 4.78 is 40.1. The highest BCUT2D eigenvalue weighted by molar-refractivity contribution is 7.22. The number of nitrogens with zero attached hydrogens (tertiary/aromatic N) is 4. The molecule has 0 bridgehead atoms. The number of aryl methyl sites for hydroxylation is 2. The summed E-state index contributed by atoms with van der Waals surface area (Å²) in [5.74, 6) is -0.0103. The molecular weight excluding hydrogens is 437 g/mol. The molecule has 0 radical (unpaired) electrons. The molecule has 1 aromatic heterocycles. The third-order valence-electron chi connectivity index (χ3n) is 5.80. The van der Waals surface area contributed by atoms with Crippen LogP contribution in [0.25, 0.3) is 10.2 Å². The average Bonchev–Trinajstić information content (AvgIpc) is 3.23. The van der Waals surface area contributed by atoms with Gasteiger partial charge in [-0.05, 0) is 43.2 Å². The van der Waals surface area contributed by atoms with Crippen LogP contribution in [-0.4, -0.2) is 55.6 Å². The van der Waals surface area contributed by atoms with E-state index >= 15 is 0 Å². The van der Waals surface area contributed by atoms with Crippen molar-refractivity contribution in [2.75, 3.05) is 49.6 Å². The molecule has 1 amide bonds. The minimum atomic E-state index is -4.36. The van der Waals surface area contributed by atoms with E-state index in [-0.39, 0.29) is 12.5 Å².